The fourth-order valence-corrected chi connectivity index (χ4v) is 3.20. The summed E-state index contributed by atoms with van der Waals surface area (Å²) < 4.78 is 0. The average Bonchev–Trinajstić information content (AvgIpc) is 2.61. The Morgan fingerprint density at radius 3 is 1.96 bits per heavy atom. The number of amides is 2. The molecule has 0 aromatic heterocycles. The molecular formula is C18H16Cl2N2O2. The Labute approximate surface area is 150 Å². The van der Waals surface area contributed by atoms with E-state index >= 15 is 0 Å². The third-order valence-corrected chi connectivity index (χ3v) is 4.58. The van der Waals surface area contributed by atoms with Gasteiger partial charge in [0, 0.05) is 36.8 Å². The van der Waals surface area contributed by atoms with Crippen LogP contribution in [0.25, 0.3) is 0 Å². The van der Waals surface area contributed by atoms with Gasteiger partial charge in [0.25, 0.3) is 11.8 Å². The Balaban J connectivity index is 1.64. The number of carbonyl (C=O) groups is 2. The summed E-state index contributed by atoms with van der Waals surface area (Å²) in [6.07, 6.45) is 0. The van der Waals surface area contributed by atoms with Crippen LogP contribution in [-0.2, 0) is 0 Å². The maximum Gasteiger partial charge on any atom is 0.255 e. The first-order chi connectivity index (χ1) is 11.6. The highest BCUT2D eigenvalue weighted by molar-refractivity contribution is 6.36. The summed E-state index contributed by atoms with van der Waals surface area (Å²) in [5.74, 6) is -0.143. The lowest BCUT2D eigenvalue weighted by Gasteiger charge is -2.35. The Morgan fingerprint density at radius 2 is 1.38 bits per heavy atom. The molecule has 1 aliphatic rings. The third-order valence-electron chi connectivity index (χ3n) is 4.04. The minimum absolute atomic E-state index is 0.00720. The third kappa shape index (κ3) is 3.55. The van der Waals surface area contributed by atoms with Crippen molar-refractivity contribution in [2.45, 2.75) is 0 Å². The van der Waals surface area contributed by atoms with Crippen LogP contribution in [0.15, 0.2) is 48.5 Å². The molecule has 2 amide bonds. The van der Waals surface area contributed by atoms with Gasteiger partial charge in [0.05, 0.1) is 10.6 Å². The molecule has 24 heavy (non-hydrogen) atoms. The molecule has 0 unspecified atom stereocenters. The molecule has 2 aromatic carbocycles. The van der Waals surface area contributed by atoms with E-state index in [4.69, 9.17) is 23.2 Å². The second-order valence-electron chi connectivity index (χ2n) is 5.57. The van der Waals surface area contributed by atoms with Crippen molar-refractivity contribution in [1.29, 1.82) is 0 Å². The van der Waals surface area contributed by atoms with Gasteiger partial charge in [-0.25, -0.2) is 0 Å². The summed E-state index contributed by atoms with van der Waals surface area (Å²) >= 11 is 12.0. The van der Waals surface area contributed by atoms with E-state index in [1.54, 1.807) is 40.1 Å². The number of rotatable bonds is 2. The van der Waals surface area contributed by atoms with Crippen molar-refractivity contribution in [2.75, 3.05) is 26.2 Å². The van der Waals surface area contributed by atoms with Crippen molar-refractivity contribution in [3.63, 3.8) is 0 Å². The molecule has 0 N–H and O–H groups in total. The van der Waals surface area contributed by atoms with Gasteiger partial charge in [0.1, 0.15) is 0 Å². The monoisotopic (exact) mass is 362 g/mol. The predicted octanol–water partition coefficient (Wildman–Crippen LogP) is 3.59. The fourth-order valence-electron chi connectivity index (χ4n) is 2.71. The minimum Gasteiger partial charge on any atom is -0.335 e. The van der Waals surface area contributed by atoms with Crippen LogP contribution in [-0.4, -0.2) is 47.8 Å². The van der Waals surface area contributed by atoms with Crippen LogP contribution < -0.4 is 0 Å². The smallest absolute Gasteiger partial charge is 0.255 e. The Kier molecular flexibility index (Phi) is 5.07. The van der Waals surface area contributed by atoms with E-state index in [1.165, 1.54) is 0 Å². The summed E-state index contributed by atoms with van der Waals surface area (Å²) in [6.45, 7) is 1.97. The number of halogens is 2. The molecular weight excluding hydrogens is 347 g/mol. The van der Waals surface area contributed by atoms with Gasteiger partial charge >= 0.3 is 0 Å². The quantitative estimate of drug-likeness (QED) is 0.818. The van der Waals surface area contributed by atoms with Crippen LogP contribution in [0.4, 0.5) is 0 Å². The lowest BCUT2D eigenvalue weighted by molar-refractivity contribution is 0.0535. The zero-order chi connectivity index (χ0) is 17.1. The first-order valence-corrected chi connectivity index (χ1v) is 8.40. The minimum atomic E-state index is -0.136. The van der Waals surface area contributed by atoms with E-state index in [0.717, 1.165) is 0 Å². The van der Waals surface area contributed by atoms with Crippen molar-refractivity contribution >= 4 is 35.0 Å². The first kappa shape index (κ1) is 16.8. The SMILES string of the molecule is O=C(c1ccccc1)N1CCN(C(=O)c2ccc(Cl)cc2Cl)CC1. The van der Waals surface area contributed by atoms with Gasteiger partial charge in [-0.2, -0.15) is 0 Å². The van der Waals surface area contributed by atoms with Crippen LogP contribution in [0.2, 0.25) is 10.0 Å². The fraction of sp³-hybridized carbons (Fsp3) is 0.222. The highest BCUT2D eigenvalue weighted by Crippen LogP contribution is 2.23. The van der Waals surface area contributed by atoms with Crippen molar-refractivity contribution < 1.29 is 9.59 Å². The highest BCUT2D eigenvalue weighted by atomic mass is 35.5. The molecule has 0 atom stereocenters. The van der Waals surface area contributed by atoms with E-state index in [1.807, 2.05) is 18.2 Å². The zero-order valence-electron chi connectivity index (χ0n) is 12.9. The average molecular weight is 363 g/mol. The van der Waals surface area contributed by atoms with E-state index in [9.17, 15) is 9.59 Å². The standard InChI is InChI=1S/C18H16Cl2N2O2/c19-14-6-7-15(16(20)12-14)18(24)22-10-8-21(9-11-22)17(23)13-4-2-1-3-5-13/h1-7,12H,8-11H2. The number of hydrogen-bond donors (Lipinski definition) is 0. The number of hydrogen-bond acceptors (Lipinski definition) is 2. The Bertz CT molecular complexity index is 757. The normalized spacial score (nSPS) is 14.6. The van der Waals surface area contributed by atoms with Crippen LogP contribution >= 0.6 is 23.2 Å². The molecule has 1 aliphatic heterocycles. The highest BCUT2D eigenvalue weighted by Gasteiger charge is 2.26. The second-order valence-corrected chi connectivity index (χ2v) is 6.42. The molecule has 0 bridgehead atoms. The number of piperazine rings is 1. The van der Waals surface area contributed by atoms with Crippen molar-refractivity contribution in [3.8, 4) is 0 Å². The molecule has 6 heteroatoms. The number of benzene rings is 2. The molecule has 0 aliphatic carbocycles. The summed E-state index contributed by atoms with van der Waals surface area (Å²) in [5, 5.41) is 0.838. The van der Waals surface area contributed by atoms with Gasteiger partial charge in [0.2, 0.25) is 0 Å². The van der Waals surface area contributed by atoms with Gasteiger partial charge in [-0.05, 0) is 30.3 Å². The van der Waals surface area contributed by atoms with Crippen LogP contribution in [0.3, 0.4) is 0 Å². The largest absolute Gasteiger partial charge is 0.335 e. The van der Waals surface area contributed by atoms with Crippen molar-refractivity contribution in [1.82, 2.24) is 9.80 Å². The molecule has 0 spiro atoms. The molecule has 1 fully saturated rings. The van der Waals surface area contributed by atoms with E-state index in [0.29, 0.717) is 47.4 Å². The predicted molar refractivity (Wildman–Crippen MR) is 94.7 cm³/mol. The molecule has 2 aromatic rings. The summed E-state index contributed by atoms with van der Waals surface area (Å²) in [5.41, 5.74) is 1.10. The molecule has 124 valence electrons. The van der Waals surface area contributed by atoms with Gasteiger partial charge in [-0.1, -0.05) is 41.4 Å². The second kappa shape index (κ2) is 7.24. The first-order valence-electron chi connectivity index (χ1n) is 7.65. The lowest BCUT2D eigenvalue weighted by Crippen LogP contribution is -2.50. The van der Waals surface area contributed by atoms with E-state index in [-0.39, 0.29) is 11.8 Å². The number of carbonyl (C=O) groups excluding carboxylic acids is 2. The molecule has 1 saturated heterocycles. The van der Waals surface area contributed by atoms with Gasteiger partial charge < -0.3 is 9.80 Å². The number of nitrogens with zero attached hydrogens (tertiary/aromatic N) is 2. The van der Waals surface area contributed by atoms with Crippen LogP contribution in [0.1, 0.15) is 20.7 Å². The van der Waals surface area contributed by atoms with Crippen LogP contribution in [0.5, 0.6) is 0 Å². The molecule has 4 nitrogen and oxygen atoms in total. The maximum atomic E-state index is 12.6. The molecule has 0 radical (unpaired) electrons. The van der Waals surface area contributed by atoms with E-state index in [2.05, 4.69) is 0 Å². The van der Waals surface area contributed by atoms with Crippen LogP contribution in [0, 0.1) is 0 Å². The summed E-state index contributed by atoms with van der Waals surface area (Å²) in [4.78, 5) is 28.5. The maximum absolute atomic E-state index is 12.6. The molecule has 1 heterocycles. The molecule has 0 saturated carbocycles. The van der Waals surface area contributed by atoms with Gasteiger partial charge in [-0.15, -0.1) is 0 Å². The van der Waals surface area contributed by atoms with Crippen molar-refractivity contribution in [3.05, 3.63) is 69.7 Å². The molecule has 3 rings (SSSR count). The summed E-state index contributed by atoms with van der Waals surface area (Å²) in [7, 11) is 0. The van der Waals surface area contributed by atoms with Gasteiger partial charge in [0.15, 0.2) is 0 Å². The van der Waals surface area contributed by atoms with Crippen molar-refractivity contribution in [2.24, 2.45) is 0 Å². The zero-order valence-corrected chi connectivity index (χ0v) is 14.4. The topological polar surface area (TPSA) is 40.6 Å². The van der Waals surface area contributed by atoms with Gasteiger partial charge in [-0.3, -0.25) is 9.59 Å². The summed E-state index contributed by atoms with van der Waals surface area (Å²) in [6, 6.07) is 14.0. The Hall–Kier alpha value is -2.04. The Morgan fingerprint density at radius 1 is 0.792 bits per heavy atom. The van der Waals surface area contributed by atoms with E-state index < -0.39 is 0 Å². The lowest BCUT2D eigenvalue weighted by atomic mass is 10.1.